The van der Waals surface area contributed by atoms with Gasteiger partial charge in [-0.15, -0.1) is 0 Å². The molecule has 2 N–H and O–H groups in total. The molecule has 1 aliphatic carbocycles. The second-order valence-electron chi connectivity index (χ2n) is 5.53. The molecule has 1 fully saturated rings. The molecule has 2 rings (SSSR count). The average molecular weight is 303 g/mol. The van der Waals surface area contributed by atoms with Gasteiger partial charge in [0.15, 0.2) is 0 Å². The molecular formula is C17H21NO4. The summed E-state index contributed by atoms with van der Waals surface area (Å²) in [5.74, 6) is -1.28. The standard InChI is InChI=1S/C17H21NO4/c1-12-7-5-6-10-14(12)15(16(19)20)18-17(21)22-11-13-8-3-2-4-9-13/h2-4,8-9,14-15H,1,5-7,10-11H2,(H,18,21)(H,19,20)/t14-,15+/m1/s1. The Morgan fingerprint density at radius 2 is 2.05 bits per heavy atom. The Balaban J connectivity index is 1.91. The lowest BCUT2D eigenvalue weighted by Crippen LogP contribution is -2.47. The smallest absolute Gasteiger partial charge is 0.408 e. The fraction of sp³-hybridized carbons (Fsp3) is 0.412. The molecule has 1 aromatic rings. The lowest BCUT2D eigenvalue weighted by Gasteiger charge is -2.29. The summed E-state index contributed by atoms with van der Waals surface area (Å²) in [4.78, 5) is 23.3. The van der Waals surface area contributed by atoms with Gasteiger partial charge in [-0.3, -0.25) is 0 Å². The summed E-state index contributed by atoms with van der Waals surface area (Å²) in [5.41, 5.74) is 1.74. The molecule has 0 spiro atoms. The minimum absolute atomic E-state index is 0.116. The summed E-state index contributed by atoms with van der Waals surface area (Å²) in [7, 11) is 0. The number of alkyl carbamates (subject to hydrolysis) is 1. The van der Waals surface area contributed by atoms with Gasteiger partial charge in [0.05, 0.1) is 0 Å². The van der Waals surface area contributed by atoms with E-state index in [1.807, 2.05) is 30.3 Å². The molecule has 1 aromatic carbocycles. The first-order valence-corrected chi connectivity index (χ1v) is 7.45. The lowest BCUT2D eigenvalue weighted by molar-refractivity contribution is -0.140. The van der Waals surface area contributed by atoms with Crippen LogP contribution in [0.15, 0.2) is 42.5 Å². The summed E-state index contributed by atoms with van der Waals surface area (Å²) in [6.07, 6.45) is 2.81. The van der Waals surface area contributed by atoms with E-state index in [1.54, 1.807) is 0 Å². The van der Waals surface area contributed by atoms with Gasteiger partial charge in [0.2, 0.25) is 0 Å². The van der Waals surface area contributed by atoms with Crippen LogP contribution < -0.4 is 5.32 Å². The summed E-state index contributed by atoms with van der Waals surface area (Å²) >= 11 is 0. The fourth-order valence-electron chi connectivity index (χ4n) is 2.73. The number of carbonyl (C=O) groups is 2. The molecule has 5 nitrogen and oxygen atoms in total. The van der Waals surface area contributed by atoms with E-state index >= 15 is 0 Å². The topological polar surface area (TPSA) is 75.6 Å². The van der Waals surface area contributed by atoms with Crippen molar-refractivity contribution in [1.29, 1.82) is 0 Å². The number of hydrogen-bond donors (Lipinski definition) is 2. The van der Waals surface area contributed by atoms with E-state index in [0.29, 0.717) is 0 Å². The van der Waals surface area contributed by atoms with Crippen molar-refractivity contribution in [3.05, 3.63) is 48.0 Å². The fourth-order valence-corrected chi connectivity index (χ4v) is 2.73. The van der Waals surface area contributed by atoms with Crippen molar-refractivity contribution in [3.63, 3.8) is 0 Å². The molecule has 22 heavy (non-hydrogen) atoms. The van der Waals surface area contributed by atoms with Crippen LogP contribution in [0.5, 0.6) is 0 Å². The Labute approximate surface area is 130 Å². The second kappa shape index (κ2) is 7.64. The number of ether oxygens (including phenoxy) is 1. The number of aliphatic carboxylic acids is 1. The molecule has 5 heteroatoms. The van der Waals surface area contributed by atoms with Crippen molar-refractivity contribution in [1.82, 2.24) is 5.32 Å². The van der Waals surface area contributed by atoms with Gasteiger partial charge >= 0.3 is 12.1 Å². The van der Waals surface area contributed by atoms with Gasteiger partial charge in [-0.2, -0.15) is 0 Å². The average Bonchev–Trinajstić information content (AvgIpc) is 2.52. The highest BCUT2D eigenvalue weighted by molar-refractivity contribution is 5.80. The monoisotopic (exact) mass is 303 g/mol. The van der Waals surface area contributed by atoms with Crippen LogP contribution in [-0.2, 0) is 16.1 Å². The second-order valence-corrected chi connectivity index (χ2v) is 5.53. The predicted octanol–water partition coefficient (Wildman–Crippen LogP) is 3.11. The first kappa shape index (κ1) is 16.1. The number of carboxylic acids is 1. The van der Waals surface area contributed by atoms with E-state index < -0.39 is 18.1 Å². The largest absolute Gasteiger partial charge is 0.480 e. The Bertz CT molecular complexity index is 541. The van der Waals surface area contributed by atoms with E-state index in [2.05, 4.69) is 11.9 Å². The third-order valence-electron chi connectivity index (χ3n) is 3.94. The van der Waals surface area contributed by atoms with Crippen LogP contribution in [-0.4, -0.2) is 23.2 Å². The first-order valence-electron chi connectivity index (χ1n) is 7.45. The van der Waals surface area contributed by atoms with E-state index in [9.17, 15) is 14.7 Å². The van der Waals surface area contributed by atoms with Gasteiger partial charge < -0.3 is 15.2 Å². The van der Waals surface area contributed by atoms with E-state index in [4.69, 9.17) is 4.74 Å². The summed E-state index contributed by atoms with van der Waals surface area (Å²) < 4.78 is 5.09. The maximum Gasteiger partial charge on any atom is 0.408 e. The molecule has 2 atom stereocenters. The first-order chi connectivity index (χ1) is 10.6. The molecule has 1 saturated carbocycles. The number of carboxylic acid groups (broad SMARTS) is 1. The SMILES string of the molecule is C=C1CCCC[C@H]1[C@H](NC(=O)OCc1ccccc1)C(=O)O. The molecule has 0 unspecified atom stereocenters. The predicted molar refractivity (Wildman–Crippen MR) is 82.3 cm³/mol. The Morgan fingerprint density at radius 1 is 1.32 bits per heavy atom. The highest BCUT2D eigenvalue weighted by Gasteiger charge is 2.33. The molecule has 118 valence electrons. The van der Waals surface area contributed by atoms with E-state index in [0.717, 1.165) is 36.8 Å². The van der Waals surface area contributed by atoms with Crippen LogP contribution in [0, 0.1) is 5.92 Å². The van der Waals surface area contributed by atoms with Gasteiger partial charge in [-0.1, -0.05) is 48.9 Å². The van der Waals surface area contributed by atoms with Crippen LogP contribution in [0.25, 0.3) is 0 Å². The molecule has 1 aliphatic rings. The normalized spacial score (nSPS) is 19.3. The van der Waals surface area contributed by atoms with Crippen molar-refractivity contribution < 1.29 is 19.4 Å². The quantitative estimate of drug-likeness (QED) is 0.820. The molecule has 0 aliphatic heterocycles. The number of carbonyl (C=O) groups excluding carboxylic acids is 1. The van der Waals surface area contributed by atoms with Gasteiger partial charge in [-0.25, -0.2) is 9.59 Å². The summed E-state index contributed by atoms with van der Waals surface area (Å²) in [6, 6.07) is 8.27. The highest BCUT2D eigenvalue weighted by atomic mass is 16.5. The van der Waals surface area contributed by atoms with Crippen molar-refractivity contribution in [2.45, 2.75) is 38.3 Å². The zero-order valence-electron chi connectivity index (χ0n) is 12.5. The minimum atomic E-state index is -1.05. The van der Waals surface area contributed by atoms with Crippen molar-refractivity contribution in [2.24, 2.45) is 5.92 Å². The Morgan fingerprint density at radius 3 is 2.68 bits per heavy atom. The summed E-state index contributed by atoms with van der Waals surface area (Å²) in [5, 5.41) is 11.8. The molecule has 0 heterocycles. The van der Waals surface area contributed by atoms with Crippen LogP contribution in [0.3, 0.4) is 0 Å². The van der Waals surface area contributed by atoms with Crippen LogP contribution >= 0.6 is 0 Å². The Hall–Kier alpha value is -2.30. The van der Waals surface area contributed by atoms with Crippen LogP contribution in [0.4, 0.5) is 4.79 Å². The molecule has 0 radical (unpaired) electrons. The zero-order valence-corrected chi connectivity index (χ0v) is 12.5. The van der Waals surface area contributed by atoms with Crippen LogP contribution in [0.1, 0.15) is 31.2 Å². The number of nitrogens with one attached hydrogen (secondary N) is 1. The van der Waals surface area contributed by atoms with E-state index in [1.165, 1.54) is 0 Å². The summed E-state index contributed by atoms with van der Waals surface area (Å²) in [6.45, 7) is 4.06. The van der Waals surface area contributed by atoms with Gasteiger partial charge in [0.1, 0.15) is 12.6 Å². The van der Waals surface area contributed by atoms with E-state index in [-0.39, 0.29) is 12.5 Å². The van der Waals surface area contributed by atoms with Crippen molar-refractivity contribution >= 4 is 12.1 Å². The highest BCUT2D eigenvalue weighted by Crippen LogP contribution is 2.30. The number of hydrogen-bond acceptors (Lipinski definition) is 3. The third-order valence-corrected chi connectivity index (χ3v) is 3.94. The zero-order chi connectivity index (χ0) is 15.9. The molecular weight excluding hydrogens is 282 g/mol. The molecule has 0 saturated heterocycles. The van der Waals surface area contributed by atoms with Crippen LogP contribution in [0.2, 0.25) is 0 Å². The maximum absolute atomic E-state index is 11.9. The molecule has 0 bridgehead atoms. The number of rotatable bonds is 5. The number of benzene rings is 1. The van der Waals surface area contributed by atoms with Gasteiger partial charge in [-0.05, 0) is 24.8 Å². The Kier molecular flexibility index (Phi) is 5.58. The van der Waals surface area contributed by atoms with Gasteiger partial charge in [0.25, 0.3) is 0 Å². The van der Waals surface area contributed by atoms with Gasteiger partial charge in [0, 0.05) is 5.92 Å². The molecule has 1 amide bonds. The third kappa shape index (κ3) is 4.35. The number of amides is 1. The maximum atomic E-state index is 11.9. The van der Waals surface area contributed by atoms with Crippen molar-refractivity contribution in [2.75, 3.05) is 0 Å². The molecule has 0 aromatic heterocycles. The minimum Gasteiger partial charge on any atom is -0.480 e. The lowest BCUT2D eigenvalue weighted by atomic mass is 9.80. The van der Waals surface area contributed by atoms with Crippen molar-refractivity contribution in [3.8, 4) is 0 Å².